The highest BCUT2D eigenvalue weighted by atomic mass is 31.2. The van der Waals surface area contributed by atoms with Gasteiger partial charge in [-0.2, -0.15) is 0 Å². The number of carbonyl (C=O) groups excluding carboxylic acids is 2. The number of phosphoric ester groups is 1. The third-order valence-corrected chi connectivity index (χ3v) is 5.57. The Balaban J connectivity index is 3.58. The topological polar surface area (TPSA) is 97.4 Å². The fourth-order valence-corrected chi connectivity index (χ4v) is 3.42. The fourth-order valence-electron chi connectivity index (χ4n) is 2.43. The van der Waals surface area contributed by atoms with Crippen LogP contribution < -0.4 is 0 Å². The maximum atomic E-state index is 12.3. The maximum absolute atomic E-state index is 12.3. The Bertz CT molecular complexity index is 493. The van der Waals surface area contributed by atoms with Gasteiger partial charge in [0.05, 0.1) is 26.4 Å². The van der Waals surface area contributed by atoms with E-state index in [0.717, 1.165) is 76.4 Å². The molecular formula is C21H37O8P. The van der Waals surface area contributed by atoms with E-state index in [1.807, 2.05) is 0 Å². The molecule has 9 heteroatoms. The van der Waals surface area contributed by atoms with Gasteiger partial charge in [-0.3, -0.25) is 13.6 Å². The molecule has 0 amide bonds. The van der Waals surface area contributed by atoms with Crippen molar-refractivity contribution in [3.63, 3.8) is 0 Å². The minimum Gasteiger partial charge on any atom is -0.463 e. The molecule has 0 aliphatic carbocycles. The van der Waals surface area contributed by atoms with Crippen LogP contribution in [0.3, 0.4) is 0 Å². The lowest BCUT2D eigenvalue weighted by atomic mass is 10.1. The molecule has 0 heterocycles. The molecular weight excluding hydrogens is 411 g/mol. The lowest BCUT2D eigenvalue weighted by Crippen LogP contribution is -2.02. The smallest absolute Gasteiger partial charge is 0.463 e. The van der Waals surface area contributed by atoms with Crippen LogP contribution in [0.1, 0.15) is 64.2 Å². The molecule has 0 aromatic heterocycles. The standard InChI is InChI=1S/C21H37O8P/c1-4-20(22)26-16-12-8-6-10-14-18-28-30(24,25-3)29-19-15-11-7-9-13-17-27-21(23)5-2/h4-5H,1-2,6-19H2,3H3. The van der Waals surface area contributed by atoms with E-state index in [2.05, 4.69) is 13.2 Å². The average molecular weight is 448 g/mol. The number of esters is 2. The highest BCUT2D eigenvalue weighted by Gasteiger charge is 2.24. The monoisotopic (exact) mass is 448 g/mol. The van der Waals surface area contributed by atoms with Crippen molar-refractivity contribution < 1.29 is 37.2 Å². The second-order valence-corrected chi connectivity index (χ2v) is 8.35. The summed E-state index contributed by atoms with van der Waals surface area (Å²) in [7, 11) is -2.18. The Morgan fingerprint density at radius 1 is 0.667 bits per heavy atom. The zero-order valence-corrected chi connectivity index (χ0v) is 19.1. The second kappa shape index (κ2) is 19.5. The van der Waals surface area contributed by atoms with Crippen LogP contribution in [-0.4, -0.2) is 45.5 Å². The van der Waals surface area contributed by atoms with Crippen molar-refractivity contribution in [3.8, 4) is 0 Å². The van der Waals surface area contributed by atoms with Crippen LogP contribution in [-0.2, 0) is 37.2 Å². The Kier molecular flexibility index (Phi) is 18.5. The van der Waals surface area contributed by atoms with E-state index >= 15 is 0 Å². The molecule has 0 aromatic rings. The predicted molar refractivity (Wildman–Crippen MR) is 115 cm³/mol. The molecule has 0 aliphatic heterocycles. The lowest BCUT2D eigenvalue weighted by molar-refractivity contribution is -0.138. The number of unbranched alkanes of at least 4 members (excludes halogenated alkanes) is 8. The van der Waals surface area contributed by atoms with Gasteiger partial charge in [0.25, 0.3) is 0 Å². The van der Waals surface area contributed by atoms with Crippen molar-refractivity contribution in [3.05, 3.63) is 25.3 Å². The average Bonchev–Trinajstić information content (AvgIpc) is 2.76. The molecule has 8 nitrogen and oxygen atoms in total. The van der Waals surface area contributed by atoms with Crippen LogP contribution >= 0.6 is 7.82 Å². The van der Waals surface area contributed by atoms with Gasteiger partial charge in [-0.25, -0.2) is 14.2 Å². The summed E-state index contributed by atoms with van der Waals surface area (Å²) in [4.78, 5) is 21.8. The minimum atomic E-state index is -3.50. The summed E-state index contributed by atoms with van der Waals surface area (Å²) in [5.74, 6) is -0.796. The second-order valence-electron chi connectivity index (χ2n) is 6.58. The summed E-state index contributed by atoms with van der Waals surface area (Å²) in [6, 6.07) is 0. The first-order chi connectivity index (χ1) is 14.5. The van der Waals surface area contributed by atoms with E-state index in [1.165, 1.54) is 7.11 Å². The normalized spacial score (nSPS) is 11.1. The Hall–Kier alpha value is -1.47. The molecule has 0 fully saturated rings. The van der Waals surface area contributed by atoms with E-state index < -0.39 is 19.8 Å². The molecule has 0 saturated carbocycles. The number of phosphoric acid groups is 1. The van der Waals surface area contributed by atoms with E-state index in [1.54, 1.807) is 0 Å². The molecule has 0 spiro atoms. The van der Waals surface area contributed by atoms with Crippen LogP contribution in [0.15, 0.2) is 25.3 Å². The largest absolute Gasteiger partial charge is 0.474 e. The van der Waals surface area contributed by atoms with Gasteiger partial charge in [0.15, 0.2) is 0 Å². The van der Waals surface area contributed by atoms with Crippen molar-refractivity contribution in [2.75, 3.05) is 33.5 Å². The molecule has 0 saturated heterocycles. The number of ether oxygens (including phenoxy) is 2. The van der Waals surface area contributed by atoms with Gasteiger partial charge in [-0.1, -0.05) is 51.7 Å². The summed E-state index contributed by atoms with van der Waals surface area (Å²) in [6.45, 7) is 8.08. The SMILES string of the molecule is C=CC(=O)OCCCCCCCOP(=O)(OC)OCCCCCCCOC(=O)C=C. The van der Waals surface area contributed by atoms with E-state index in [0.29, 0.717) is 26.4 Å². The first kappa shape index (κ1) is 28.5. The Morgan fingerprint density at radius 3 is 1.33 bits per heavy atom. The predicted octanol–water partition coefficient (Wildman–Crippen LogP) is 5.13. The Labute approximate surface area is 180 Å². The van der Waals surface area contributed by atoms with Crippen molar-refractivity contribution in [1.82, 2.24) is 0 Å². The molecule has 0 radical (unpaired) electrons. The zero-order chi connectivity index (χ0) is 22.5. The van der Waals surface area contributed by atoms with Gasteiger partial charge >= 0.3 is 19.8 Å². The quantitative estimate of drug-likeness (QED) is 0.103. The molecule has 174 valence electrons. The first-order valence-corrected chi connectivity index (χ1v) is 12.0. The number of hydrogen-bond acceptors (Lipinski definition) is 8. The number of hydrogen-bond donors (Lipinski definition) is 0. The van der Waals surface area contributed by atoms with Crippen LogP contribution in [0.25, 0.3) is 0 Å². The molecule has 0 N–H and O–H groups in total. The zero-order valence-electron chi connectivity index (χ0n) is 18.2. The fraction of sp³-hybridized carbons (Fsp3) is 0.714. The summed E-state index contributed by atoms with van der Waals surface area (Å²) in [5.41, 5.74) is 0. The summed E-state index contributed by atoms with van der Waals surface area (Å²) in [6.07, 6.45) is 11.1. The summed E-state index contributed by atoms with van der Waals surface area (Å²) in [5, 5.41) is 0. The highest BCUT2D eigenvalue weighted by Crippen LogP contribution is 2.48. The van der Waals surface area contributed by atoms with Crippen LogP contribution in [0.2, 0.25) is 0 Å². The van der Waals surface area contributed by atoms with E-state index in [9.17, 15) is 14.2 Å². The summed E-state index contributed by atoms with van der Waals surface area (Å²) >= 11 is 0. The van der Waals surface area contributed by atoms with E-state index in [-0.39, 0.29) is 0 Å². The van der Waals surface area contributed by atoms with Gasteiger partial charge in [-0.05, 0) is 25.7 Å². The third-order valence-electron chi connectivity index (χ3n) is 4.12. The third kappa shape index (κ3) is 17.4. The molecule has 0 rings (SSSR count). The van der Waals surface area contributed by atoms with Gasteiger partial charge < -0.3 is 9.47 Å². The van der Waals surface area contributed by atoms with Gasteiger partial charge in [-0.15, -0.1) is 0 Å². The maximum Gasteiger partial charge on any atom is 0.474 e. The van der Waals surface area contributed by atoms with E-state index in [4.69, 9.17) is 23.0 Å². The van der Waals surface area contributed by atoms with Crippen LogP contribution in [0.5, 0.6) is 0 Å². The van der Waals surface area contributed by atoms with Crippen molar-refractivity contribution in [1.29, 1.82) is 0 Å². The molecule has 0 bridgehead atoms. The Morgan fingerprint density at radius 2 is 1.00 bits per heavy atom. The van der Waals surface area contributed by atoms with Gasteiger partial charge in [0.2, 0.25) is 0 Å². The lowest BCUT2D eigenvalue weighted by Gasteiger charge is -2.15. The van der Waals surface area contributed by atoms with Crippen molar-refractivity contribution in [2.24, 2.45) is 0 Å². The number of carbonyl (C=O) groups is 2. The number of rotatable bonds is 21. The first-order valence-electron chi connectivity index (χ1n) is 10.5. The van der Waals surface area contributed by atoms with Gasteiger partial charge in [0.1, 0.15) is 0 Å². The van der Waals surface area contributed by atoms with Crippen LogP contribution in [0, 0.1) is 0 Å². The highest BCUT2D eigenvalue weighted by molar-refractivity contribution is 7.48. The minimum absolute atomic E-state index is 0.306. The molecule has 30 heavy (non-hydrogen) atoms. The molecule has 0 aliphatic rings. The molecule has 0 aromatic carbocycles. The molecule has 0 unspecified atom stereocenters. The summed E-state index contributed by atoms with van der Waals surface area (Å²) < 4.78 is 37.7. The van der Waals surface area contributed by atoms with Crippen molar-refractivity contribution >= 4 is 19.8 Å². The van der Waals surface area contributed by atoms with Gasteiger partial charge in [0, 0.05) is 19.3 Å². The van der Waals surface area contributed by atoms with Crippen LogP contribution in [0.4, 0.5) is 0 Å². The molecule has 0 atom stereocenters. The van der Waals surface area contributed by atoms with Crippen molar-refractivity contribution in [2.45, 2.75) is 64.2 Å².